The Morgan fingerprint density at radius 2 is 1.83 bits per heavy atom. The fraction of sp³-hybridized carbons (Fsp3) is 0.273. The van der Waals surface area contributed by atoms with Crippen LogP contribution in [-0.4, -0.2) is 57.6 Å². The number of anilines is 1. The van der Waals surface area contributed by atoms with E-state index in [1.807, 2.05) is 0 Å². The van der Waals surface area contributed by atoms with E-state index in [0.29, 0.717) is 5.82 Å². The van der Waals surface area contributed by atoms with Crippen LogP contribution in [0.5, 0.6) is 11.6 Å². The Labute approximate surface area is 204 Å². The fourth-order valence-electron chi connectivity index (χ4n) is 3.32. The number of hydrogen-bond donors (Lipinski definition) is 2. The van der Waals surface area contributed by atoms with Gasteiger partial charge in [0, 0.05) is 17.7 Å². The van der Waals surface area contributed by atoms with Gasteiger partial charge in [-0.25, -0.2) is 27.6 Å². The average molecular weight is 517 g/mol. The number of H-pyrrole nitrogens is 1. The van der Waals surface area contributed by atoms with Gasteiger partial charge in [-0.05, 0) is 27.7 Å². The molecule has 0 unspecified atom stereocenters. The van der Waals surface area contributed by atoms with E-state index < -0.39 is 32.5 Å². The van der Waals surface area contributed by atoms with E-state index in [-0.39, 0.29) is 51.1 Å². The number of hydrogen-bond acceptors (Lipinski definition) is 10. The van der Waals surface area contributed by atoms with Gasteiger partial charge < -0.3 is 14.5 Å². The van der Waals surface area contributed by atoms with Gasteiger partial charge in [-0.1, -0.05) is 0 Å². The average Bonchev–Trinajstić information content (AvgIpc) is 3.14. The maximum absolute atomic E-state index is 15.0. The first-order valence-corrected chi connectivity index (χ1v) is 12.3. The molecule has 0 aliphatic rings. The van der Waals surface area contributed by atoms with Crippen LogP contribution in [0.2, 0.25) is 0 Å². The number of nitrogens with zero attached hydrogens (tertiary/aromatic N) is 4. The minimum absolute atomic E-state index is 0.00631. The molecule has 36 heavy (non-hydrogen) atoms. The lowest BCUT2D eigenvalue weighted by Gasteiger charge is -2.20. The van der Waals surface area contributed by atoms with Gasteiger partial charge in [-0.2, -0.15) is 9.97 Å². The summed E-state index contributed by atoms with van der Waals surface area (Å²) in [7, 11) is -3.91. The van der Waals surface area contributed by atoms with Gasteiger partial charge in [0.05, 0.1) is 34.5 Å². The number of amides is 1. The summed E-state index contributed by atoms with van der Waals surface area (Å²) < 4.78 is 50.5. The van der Waals surface area contributed by atoms with Crippen molar-refractivity contribution in [2.45, 2.75) is 38.5 Å². The number of carbonyl (C=O) groups excluding carboxylic acids is 2. The van der Waals surface area contributed by atoms with E-state index in [1.165, 1.54) is 12.4 Å². The molecule has 0 bridgehead atoms. The number of fused-ring (bicyclic) bond motifs is 3. The third-order valence-electron chi connectivity index (χ3n) is 4.72. The van der Waals surface area contributed by atoms with Crippen LogP contribution < -0.4 is 10.1 Å². The minimum Gasteiger partial charge on any atom is -0.444 e. The molecule has 0 atom stereocenters. The van der Waals surface area contributed by atoms with Crippen molar-refractivity contribution in [2.24, 2.45) is 0 Å². The first-order chi connectivity index (χ1) is 16.8. The highest BCUT2D eigenvalue weighted by Gasteiger charge is 2.26. The number of sulfone groups is 1. The van der Waals surface area contributed by atoms with Gasteiger partial charge in [0.15, 0.2) is 12.0 Å². The molecule has 0 radical (unpaired) electrons. The van der Waals surface area contributed by atoms with Crippen molar-refractivity contribution in [2.75, 3.05) is 11.6 Å². The van der Waals surface area contributed by atoms with Gasteiger partial charge in [-0.3, -0.25) is 10.1 Å². The maximum Gasteiger partial charge on any atom is 0.412 e. The van der Waals surface area contributed by atoms with Crippen LogP contribution in [-0.2, 0) is 14.6 Å². The summed E-state index contributed by atoms with van der Waals surface area (Å²) in [5.74, 6) is -0.690. The Hall–Kier alpha value is -4.20. The molecule has 3 heterocycles. The topological polar surface area (TPSA) is 166 Å². The number of aryl methyl sites for hydroxylation is 1. The Kier molecular flexibility index (Phi) is 6.08. The molecule has 0 aliphatic carbocycles. The lowest BCUT2D eigenvalue weighted by Crippen LogP contribution is -2.27. The molecule has 1 aromatic carbocycles. The molecule has 0 fully saturated rings. The van der Waals surface area contributed by atoms with Gasteiger partial charge in [0.1, 0.15) is 22.9 Å². The maximum atomic E-state index is 15.0. The zero-order valence-electron chi connectivity index (χ0n) is 19.8. The summed E-state index contributed by atoms with van der Waals surface area (Å²) in [6, 6.07) is 0.935. The van der Waals surface area contributed by atoms with E-state index in [0.717, 1.165) is 12.3 Å². The number of halogens is 1. The van der Waals surface area contributed by atoms with E-state index in [4.69, 9.17) is 9.47 Å². The Bertz CT molecular complexity index is 1630. The first kappa shape index (κ1) is 24.9. The lowest BCUT2D eigenvalue weighted by molar-refractivity contribution is 0.0636. The molecule has 3 aromatic heterocycles. The second-order valence-electron chi connectivity index (χ2n) is 8.81. The largest absolute Gasteiger partial charge is 0.444 e. The highest BCUT2D eigenvalue weighted by molar-refractivity contribution is 7.90. The quantitative estimate of drug-likeness (QED) is 0.295. The van der Waals surface area contributed by atoms with Gasteiger partial charge in [0.25, 0.3) is 5.16 Å². The number of benzene rings is 1. The summed E-state index contributed by atoms with van der Waals surface area (Å²) >= 11 is 0. The molecule has 0 spiro atoms. The number of nitrogens with one attached hydrogen (secondary N) is 2. The molecule has 2 N–H and O–H groups in total. The van der Waals surface area contributed by atoms with Crippen LogP contribution in [0, 0.1) is 12.7 Å². The molecule has 0 saturated heterocycles. The monoisotopic (exact) mass is 516 g/mol. The minimum atomic E-state index is -3.91. The van der Waals surface area contributed by atoms with Crippen molar-refractivity contribution in [3.05, 3.63) is 35.7 Å². The zero-order chi connectivity index (χ0) is 26.4. The number of carbonyl (C=O) groups is 2. The van der Waals surface area contributed by atoms with Crippen molar-refractivity contribution in [1.82, 2.24) is 24.9 Å². The highest BCUT2D eigenvalue weighted by Crippen LogP contribution is 2.39. The SMILES string of the molecule is Cc1ncc(Oc2nc(S(C)(=O)=O)nc3[nH]c4c(NC(=O)OC(C)(C)C)cc(F)c(C=O)c4c23)cn1. The molecule has 14 heteroatoms. The smallest absolute Gasteiger partial charge is 0.412 e. The van der Waals surface area contributed by atoms with Crippen molar-refractivity contribution >= 4 is 49.8 Å². The van der Waals surface area contributed by atoms with Crippen LogP contribution in [0.25, 0.3) is 21.9 Å². The van der Waals surface area contributed by atoms with Crippen LogP contribution in [0.1, 0.15) is 37.0 Å². The summed E-state index contributed by atoms with van der Waals surface area (Å²) in [6.45, 7) is 6.62. The highest BCUT2D eigenvalue weighted by atomic mass is 32.2. The Balaban J connectivity index is 2.02. The molecular formula is C22H21FN6O6S. The fourth-order valence-corrected chi connectivity index (χ4v) is 3.83. The number of ether oxygens (including phenoxy) is 2. The first-order valence-electron chi connectivity index (χ1n) is 10.4. The predicted molar refractivity (Wildman–Crippen MR) is 127 cm³/mol. The number of rotatable bonds is 5. The molecule has 188 valence electrons. The second kappa shape index (κ2) is 8.78. The summed E-state index contributed by atoms with van der Waals surface area (Å²) in [4.78, 5) is 43.2. The van der Waals surface area contributed by atoms with Crippen LogP contribution >= 0.6 is 0 Å². The van der Waals surface area contributed by atoms with E-state index in [2.05, 4.69) is 30.2 Å². The van der Waals surface area contributed by atoms with Crippen LogP contribution in [0.4, 0.5) is 14.9 Å². The Morgan fingerprint density at radius 3 is 2.42 bits per heavy atom. The van der Waals surface area contributed by atoms with Crippen LogP contribution in [0.15, 0.2) is 23.6 Å². The summed E-state index contributed by atoms with van der Waals surface area (Å²) in [5.41, 5.74) is -1.30. The van der Waals surface area contributed by atoms with Crippen LogP contribution in [0.3, 0.4) is 0 Å². The van der Waals surface area contributed by atoms with Crippen molar-refractivity contribution in [1.29, 1.82) is 0 Å². The number of aromatic nitrogens is 5. The molecule has 4 aromatic rings. The van der Waals surface area contributed by atoms with Crippen molar-refractivity contribution < 1.29 is 31.9 Å². The molecule has 12 nitrogen and oxygen atoms in total. The third-order valence-corrected chi connectivity index (χ3v) is 5.57. The van der Waals surface area contributed by atoms with E-state index in [9.17, 15) is 18.0 Å². The summed E-state index contributed by atoms with van der Waals surface area (Å²) in [5, 5.41) is 1.83. The number of aldehydes is 1. The van der Waals surface area contributed by atoms with Crippen molar-refractivity contribution in [3.63, 3.8) is 0 Å². The molecular weight excluding hydrogens is 495 g/mol. The van der Waals surface area contributed by atoms with Gasteiger partial charge >= 0.3 is 6.09 Å². The Morgan fingerprint density at radius 1 is 1.17 bits per heavy atom. The second-order valence-corrected chi connectivity index (χ2v) is 10.7. The number of aromatic amines is 1. The summed E-state index contributed by atoms with van der Waals surface area (Å²) in [6.07, 6.45) is 2.98. The predicted octanol–water partition coefficient (Wildman–Crippen LogP) is 3.70. The van der Waals surface area contributed by atoms with Gasteiger partial charge in [0.2, 0.25) is 15.7 Å². The normalized spacial score (nSPS) is 12.1. The molecule has 4 rings (SSSR count). The molecule has 0 saturated carbocycles. The standard InChI is InChI=1S/C22H21FN6O6S/c1-10-24-7-11(8-25-10)34-19-16-15-12(9-30)13(23)6-14(26-21(31)35-22(2,3)4)17(15)27-18(16)28-20(29-19)36(5,32)33/h6-9H,1-5H3,(H,26,31)(H,27,28,29). The van der Waals surface area contributed by atoms with Gasteiger partial charge in [-0.15, -0.1) is 0 Å². The third kappa shape index (κ3) is 4.93. The van der Waals surface area contributed by atoms with Crippen molar-refractivity contribution in [3.8, 4) is 11.6 Å². The molecule has 0 aliphatic heterocycles. The zero-order valence-corrected chi connectivity index (χ0v) is 20.7. The lowest BCUT2D eigenvalue weighted by atomic mass is 10.1. The van der Waals surface area contributed by atoms with E-state index in [1.54, 1.807) is 27.7 Å². The molecule has 1 amide bonds. The van der Waals surface area contributed by atoms with E-state index >= 15 is 4.39 Å².